The lowest BCUT2D eigenvalue weighted by Crippen LogP contribution is -2.34. The number of nitriles is 1. The number of nitrogens with zero attached hydrogens (tertiary/aromatic N) is 2. The molecule has 0 aromatic rings. The van der Waals surface area contributed by atoms with Gasteiger partial charge in [-0.3, -0.25) is 0 Å². The summed E-state index contributed by atoms with van der Waals surface area (Å²) in [7, 11) is 2.18. The lowest BCUT2D eigenvalue weighted by molar-refractivity contribution is 0.216. The molecule has 2 nitrogen and oxygen atoms in total. The van der Waals surface area contributed by atoms with Crippen molar-refractivity contribution in [3.05, 3.63) is 0 Å². The number of unbranched alkanes of at least 4 members (excludes halogenated alkanes) is 2. The Balaban J connectivity index is 2.29. The van der Waals surface area contributed by atoms with Gasteiger partial charge < -0.3 is 4.90 Å². The first-order valence-electron chi connectivity index (χ1n) is 5.89. The minimum Gasteiger partial charge on any atom is -0.302 e. The van der Waals surface area contributed by atoms with Crippen LogP contribution in [-0.2, 0) is 0 Å². The zero-order valence-corrected chi connectivity index (χ0v) is 9.50. The van der Waals surface area contributed by atoms with Gasteiger partial charge in [-0.25, -0.2) is 0 Å². The highest BCUT2D eigenvalue weighted by atomic mass is 15.1. The molecule has 14 heavy (non-hydrogen) atoms. The summed E-state index contributed by atoms with van der Waals surface area (Å²) in [6.45, 7) is 3.39. The molecule has 2 heteroatoms. The van der Waals surface area contributed by atoms with Crippen LogP contribution >= 0.6 is 0 Å². The first-order chi connectivity index (χ1) is 6.79. The third-order valence-electron chi connectivity index (χ3n) is 3.33. The van der Waals surface area contributed by atoms with Crippen molar-refractivity contribution in [2.45, 2.75) is 51.5 Å². The summed E-state index contributed by atoms with van der Waals surface area (Å²) in [6, 6.07) is 2.98. The Morgan fingerprint density at radius 3 is 2.79 bits per heavy atom. The van der Waals surface area contributed by atoms with Crippen molar-refractivity contribution in [3.63, 3.8) is 0 Å². The second-order valence-electron chi connectivity index (χ2n) is 4.42. The molecule has 0 aromatic carbocycles. The Labute approximate surface area is 87.9 Å². The Bertz CT molecular complexity index is 195. The SMILES string of the molecule is CCCCCN(C)C1CCCC1C#N. The predicted octanol–water partition coefficient (Wildman–Crippen LogP) is 2.80. The molecule has 80 valence electrons. The fraction of sp³-hybridized carbons (Fsp3) is 0.917. The smallest absolute Gasteiger partial charge is 0.0672 e. The van der Waals surface area contributed by atoms with Crippen LogP contribution in [0, 0.1) is 17.2 Å². The summed E-state index contributed by atoms with van der Waals surface area (Å²) in [5, 5.41) is 8.98. The van der Waals surface area contributed by atoms with Crippen LogP contribution in [0.2, 0.25) is 0 Å². The maximum absolute atomic E-state index is 8.98. The van der Waals surface area contributed by atoms with E-state index in [9.17, 15) is 0 Å². The average molecular weight is 194 g/mol. The molecule has 1 rings (SSSR count). The molecule has 1 fully saturated rings. The molecule has 0 aromatic heterocycles. The molecular weight excluding hydrogens is 172 g/mol. The Morgan fingerprint density at radius 2 is 2.14 bits per heavy atom. The van der Waals surface area contributed by atoms with E-state index in [1.807, 2.05) is 0 Å². The maximum Gasteiger partial charge on any atom is 0.0672 e. The second kappa shape index (κ2) is 6.03. The van der Waals surface area contributed by atoms with E-state index in [0.29, 0.717) is 12.0 Å². The van der Waals surface area contributed by atoms with Crippen LogP contribution < -0.4 is 0 Å². The minimum absolute atomic E-state index is 0.293. The van der Waals surface area contributed by atoms with E-state index in [4.69, 9.17) is 5.26 Å². The molecule has 2 atom stereocenters. The third-order valence-corrected chi connectivity index (χ3v) is 3.33. The first kappa shape index (κ1) is 11.5. The van der Waals surface area contributed by atoms with E-state index in [-0.39, 0.29) is 0 Å². The monoisotopic (exact) mass is 194 g/mol. The molecular formula is C12H22N2. The topological polar surface area (TPSA) is 27.0 Å². The molecule has 0 bridgehead atoms. The van der Waals surface area contributed by atoms with Crippen LogP contribution in [0.3, 0.4) is 0 Å². The molecule has 0 aliphatic heterocycles. The molecule has 1 saturated carbocycles. The summed E-state index contributed by atoms with van der Waals surface area (Å²) < 4.78 is 0. The first-order valence-corrected chi connectivity index (χ1v) is 5.89. The molecule has 0 N–H and O–H groups in total. The van der Waals surface area contributed by atoms with Crippen LogP contribution in [0.4, 0.5) is 0 Å². The van der Waals surface area contributed by atoms with Gasteiger partial charge in [0.25, 0.3) is 0 Å². The third kappa shape index (κ3) is 2.99. The van der Waals surface area contributed by atoms with Crippen molar-refractivity contribution in [2.75, 3.05) is 13.6 Å². The van der Waals surface area contributed by atoms with Gasteiger partial charge in [0.15, 0.2) is 0 Å². The summed E-state index contributed by atoms with van der Waals surface area (Å²) in [5.41, 5.74) is 0. The van der Waals surface area contributed by atoms with Gasteiger partial charge in [0, 0.05) is 6.04 Å². The van der Waals surface area contributed by atoms with Gasteiger partial charge in [-0.05, 0) is 32.9 Å². The van der Waals surface area contributed by atoms with E-state index in [1.165, 1.54) is 32.1 Å². The van der Waals surface area contributed by atoms with Crippen molar-refractivity contribution in [2.24, 2.45) is 5.92 Å². The summed E-state index contributed by atoms with van der Waals surface area (Å²) in [4.78, 5) is 2.40. The lowest BCUT2D eigenvalue weighted by atomic mass is 10.0. The molecule has 0 amide bonds. The van der Waals surface area contributed by atoms with Gasteiger partial charge in [0.05, 0.1) is 12.0 Å². The zero-order chi connectivity index (χ0) is 10.4. The standard InChI is InChI=1S/C12H22N2/c1-3-4-5-9-14(2)12-8-6-7-11(12)10-13/h11-12H,3-9H2,1-2H3. The highest BCUT2D eigenvalue weighted by Crippen LogP contribution is 2.28. The largest absolute Gasteiger partial charge is 0.302 e. The summed E-state index contributed by atoms with van der Waals surface area (Å²) >= 11 is 0. The normalized spacial score (nSPS) is 26.7. The van der Waals surface area contributed by atoms with E-state index in [0.717, 1.165) is 13.0 Å². The fourth-order valence-electron chi connectivity index (χ4n) is 2.40. The number of hydrogen-bond donors (Lipinski definition) is 0. The Hall–Kier alpha value is -0.550. The second-order valence-corrected chi connectivity index (χ2v) is 4.42. The Morgan fingerprint density at radius 1 is 1.36 bits per heavy atom. The Kier molecular flexibility index (Phi) is 4.97. The fourth-order valence-corrected chi connectivity index (χ4v) is 2.40. The van der Waals surface area contributed by atoms with Gasteiger partial charge in [0.1, 0.15) is 0 Å². The van der Waals surface area contributed by atoms with Crippen LogP contribution in [-0.4, -0.2) is 24.5 Å². The van der Waals surface area contributed by atoms with Crippen molar-refractivity contribution < 1.29 is 0 Å². The molecule has 2 unspecified atom stereocenters. The van der Waals surface area contributed by atoms with E-state index in [2.05, 4.69) is 24.9 Å². The van der Waals surface area contributed by atoms with Gasteiger partial charge in [0.2, 0.25) is 0 Å². The van der Waals surface area contributed by atoms with E-state index in [1.54, 1.807) is 0 Å². The van der Waals surface area contributed by atoms with E-state index < -0.39 is 0 Å². The number of rotatable bonds is 5. The van der Waals surface area contributed by atoms with Crippen LogP contribution in [0.15, 0.2) is 0 Å². The average Bonchev–Trinajstić information content (AvgIpc) is 2.65. The maximum atomic E-state index is 8.98. The van der Waals surface area contributed by atoms with Crippen LogP contribution in [0.1, 0.15) is 45.4 Å². The van der Waals surface area contributed by atoms with Crippen LogP contribution in [0.5, 0.6) is 0 Å². The molecule has 0 spiro atoms. The van der Waals surface area contributed by atoms with Crippen molar-refractivity contribution >= 4 is 0 Å². The van der Waals surface area contributed by atoms with Crippen LogP contribution in [0.25, 0.3) is 0 Å². The van der Waals surface area contributed by atoms with Gasteiger partial charge in [-0.15, -0.1) is 0 Å². The van der Waals surface area contributed by atoms with E-state index >= 15 is 0 Å². The zero-order valence-electron chi connectivity index (χ0n) is 9.50. The molecule has 0 saturated heterocycles. The number of hydrogen-bond acceptors (Lipinski definition) is 2. The van der Waals surface area contributed by atoms with Crippen molar-refractivity contribution in [1.29, 1.82) is 5.26 Å². The van der Waals surface area contributed by atoms with Crippen molar-refractivity contribution in [3.8, 4) is 6.07 Å². The van der Waals surface area contributed by atoms with Gasteiger partial charge in [-0.1, -0.05) is 26.2 Å². The minimum atomic E-state index is 0.293. The molecule has 0 radical (unpaired) electrons. The quantitative estimate of drug-likeness (QED) is 0.629. The van der Waals surface area contributed by atoms with Gasteiger partial charge in [-0.2, -0.15) is 5.26 Å². The highest BCUT2D eigenvalue weighted by molar-refractivity contribution is 4.96. The summed E-state index contributed by atoms with van der Waals surface area (Å²) in [6.07, 6.45) is 7.44. The predicted molar refractivity (Wildman–Crippen MR) is 58.9 cm³/mol. The lowest BCUT2D eigenvalue weighted by Gasteiger charge is -2.26. The molecule has 1 aliphatic rings. The van der Waals surface area contributed by atoms with Crippen molar-refractivity contribution in [1.82, 2.24) is 4.90 Å². The highest BCUT2D eigenvalue weighted by Gasteiger charge is 2.29. The summed E-state index contributed by atoms with van der Waals surface area (Å²) in [5.74, 6) is 0.293. The van der Waals surface area contributed by atoms with Gasteiger partial charge >= 0.3 is 0 Å². The molecule has 1 aliphatic carbocycles. The molecule has 0 heterocycles.